The lowest BCUT2D eigenvalue weighted by molar-refractivity contribution is -0.140. The lowest BCUT2D eigenvalue weighted by Gasteiger charge is -2.35. The van der Waals surface area contributed by atoms with Crippen molar-refractivity contribution in [2.45, 2.75) is 31.1 Å². The average molecular weight is 606 g/mol. The highest BCUT2D eigenvalue weighted by Crippen LogP contribution is 2.36. The lowest BCUT2D eigenvalue weighted by Crippen LogP contribution is -2.50. The molecule has 1 unspecified atom stereocenters. The third-order valence-corrected chi connectivity index (χ3v) is 8.55. The number of halogens is 6. The summed E-state index contributed by atoms with van der Waals surface area (Å²) in [6.45, 7) is 5.58. The summed E-state index contributed by atoms with van der Waals surface area (Å²) in [4.78, 5) is 21.6. The normalized spacial score (nSPS) is 21.0. The van der Waals surface area contributed by atoms with Crippen molar-refractivity contribution < 1.29 is 27.5 Å². The van der Waals surface area contributed by atoms with E-state index in [4.69, 9.17) is 28.3 Å². The first-order valence-electron chi connectivity index (χ1n) is 13.3. The number of likely N-dealkylation sites (tertiary alicyclic amines) is 1. The van der Waals surface area contributed by atoms with Gasteiger partial charge in [-0.25, -0.2) is 4.39 Å². The summed E-state index contributed by atoms with van der Waals surface area (Å²) < 4.78 is 53.3. The number of rotatable bonds is 9. The molecule has 40 heavy (non-hydrogen) atoms. The Morgan fingerprint density at radius 3 is 2.35 bits per heavy atom. The quantitative estimate of drug-likeness (QED) is 0.425. The number of benzene rings is 2. The van der Waals surface area contributed by atoms with Gasteiger partial charge in [-0.1, -0.05) is 35.3 Å². The Balaban J connectivity index is 1.46. The molecule has 0 radical (unpaired) electrons. The van der Waals surface area contributed by atoms with Gasteiger partial charge in [0.05, 0.1) is 22.2 Å². The molecule has 2 atom stereocenters. The highest BCUT2D eigenvalue weighted by atomic mass is 35.5. The number of carbonyl (C=O) groups excluding carboxylic acids is 1. The Labute approximate surface area is 242 Å². The maximum atomic E-state index is 14.2. The fourth-order valence-corrected chi connectivity index (χ4v) is 5.86. The van der Waals surface area contributed by atoms with Crippen molar-refractivity contribution in [3.8, 4) is 0 Å². The minimum Gasteiger partial charge on any atom is -0.396 e. The van der Waals surface area contributed by atoms with Gasteiger partial charge in [0.2, 0.25) is 5.91 Å². The molecular formula is C28H34Cl2F4N4O2. The van der Waals surface area contributed by atoms with E-state index in [1.807, 2.05) is 22.9 Å². The molecule has 4 rings (SSSR count). The molecule has 0 saturated carbocycles. The van der Waals surface area contributed by atoms with Crippen LogP contribution in [0, 0.1) is 5.82 Å². The van der Waals surface area contributed by atoms with Gasteiger partial charge in [-0.05, 0) is 48.9 Å². The van der Waals surface area contributed by atoms with Gasteiger partial charge in [-0.15, -0.1) is 0 Å². The maximum Gasteiger partial charge on any atom is 0.419 e. The van der Waals surface area contributed by atoms with E-state index in [0.717, 1.165) is 56.8 Å². The SMILES string of the molecule is CN(Cc1ccc(C(F)(F)F)c(F)c1)C1CN(C(=O)CN2CCN(CCCO)CC2)C[C@@H]1c1ccc(Cl)c(Cl)c1. The molecule has 220 valence electrons. The summed E-state index contributed by atoms with van der Waals surface area (Å²) in [5.74, 6) is -1.43. The summed E-state index contributed by atoms with van der Waals surface area (Å²) in [7, 11) is 1.82. The predicted octanol–water partition coefficient (Wildman–Crippen LogP) is 4.58. The highest BCUT2D eigenvalue weighted by Gasteiger charge is 2.39. The van der Waals surface area contributed by atoms with Gasteiger partial charge in [0.15, 0.2) is 0 Å². The molecule has 2 saturated heterocycles. The van der Waals surface area contributed by atoms with Crippen LogP contribution in [-0.4, -0.2) is 103 Å². The van der Waals surface area contributed by atoms with Gasteiger partial charge >= 0.3 is 6.18 Å². The topological polar surface area (TPSA) is 50.3 Å². The van der Waals surface area contributed by atoms with Crippen LogP contribution in [0.1, 0.15) is 29.0 Å². The van der Waals surface area contributed by atoms with Crippen molar-refractivity contribution >= 4 is 29.1 Å². The third-order valence-electron chi connectivity index (χ3n) is 7.81. The van der Waals surface area contributed by atoms with Crippen LogP contribution >= 0.6 is 23.2 Å². The van der Waals surface area contributed by atoms with Crippen LogP contribution < -0.4 is 0 Å². The molecule has 0 bridgehead atoms. The number of aliphatic hydroxyl groups is 1. The lowest BCUT2D eigenvalue weighted by atomic mass is 9.93. The molecule has 12 heteroatoms. The Bertz CT molecular complexity index is 1180. The number of piperazine rings is 1. The number of likely N-dealkylation sites (N-methyl/N-ethyl adjacent to an activating group) is 1. The van der Waals surface area contributed by atoms with Gasteiger partial charge < -0.3 is 14.9 Å². The summed E-state index contributed by atoms with van der Waals surface area (Å²) >= 11 is 12.4. The van der Waals surface area contributed by atoms with Crippen molar-refractivity contribution in [1.82, 2.24) is 19.6 Å². The monoisotopic (exact) mass is 604 g/mol. The Hall–Kier alpha value is -1.95. The maximum absolute atomic E-state index is 14.2. The number of hydrogen-bond acceptors (Lipinski definition) is 5. The largest absolute Gasteiger partial charge is 0.419 e. The van der Waals surface area contributed by atoms with Gasteiger partial charge in [0, 0.05) is 70.9 Å². The van der Waals surface area contributed by atoms with E-state index in [0.29, 0.717) is 35.2 Å². The first kappa shape index (κ1) is 31.0. The molecule has 0 spiro atoms. The number of amides is 1. The summed E-state index contributed by atoms with van der Waals surface area (Å²) in [5.41, 5.74) is 0.0156. The molecule has 0 aliphatic carbocycles. The summed E-state index contributed by atoms with van der Waals surface area (Å²) in [6.07, 6.45) is -4.03. The van der Waals surface area contributed by atoms with E-state index in [2.05, 4.69) is 9.80 Å². The van der Waals surface area contributed by atoms with Crippen molar-refractivity contribution in [3.05, 3.63) is 69.0 Å². The first-order chi connectivity index (χ1) is 19.0. The summed E-state index contributed by atoms with van der Waals surface area (Å²) in [5, 5.41) is 9.87. The van der Waals surface area contributed by atoms with Gasteiger partial charge in [0.1, 0.15) is 5.82 Å². The number of carbonyl (C=O) groups is 1. The zero-order chi connectivity index (χ0) is 29.0. The first-order valence-corrected chi connectivity index (χ1v) is 14.1. The van der Waals surface area contributed by atoms with Crippen LogP contribution in [0.25, 0.3) is 0 Å². The van der Waals surface area contributed by atoms with Crippen molar-refractivity contribution in [2.24, 2.45) is 0 Å². The molecule has 0 aromatic heterocycles. The molecule has 2 aliphatic rings. The van der Waals surface area contributed by atoms with E-state index in [-0.39, 0.29) is 31.0 Å². The second-order valence-electron chi connectivity index (χ2n) is 10.6. The van der Waals surface area contributed by atoms with E-state index in [9.17, 15) is 22.4 Å². The Morgan fingerprint density at radius 2 is 1.73 bits per heavy atom. The minimum atomic E-state index is -4.76. The van der Waals surface area contributed by atoms with Gasteiger partial charge in [-0.3, -0.25) is 14.6 Å². The molecule has 2 aliphatic heterocycles. The Morgan fingerprint density at radius 1 is 1.02 bits per heavy atom. The van der Waals surface area contributed by atoms with Crippen LogP contribution in [0.2, 0.25) is 10.0 Å². The standard InChI is InChI=1S/C28H34Cl2F4N4O2/c1-35(15-19-3-5-22(25(31)13-19)28(32,33)34)26-17-38(16-21(26)20-4-6-23(29)24(30)14-20)27(40)18-37-10-8-36(9-11-37)7-2-12-39/h3-6,13-14,21,26,39H,2,7-12,15-18H2,1H3/t21-,26?/m1/s1. The number of hydrogen-bond donors (Lipinski definition) is 1. The predicted molar refractivity (Wildman–Crippen MR) is 147 cm³/mol. The average Bonchev–Trinajstić information content (AvgIpc) is 3.35. The number of aliphatic hydroxyl groups excluding tert-OH is 1. The number of alkyl halides is 3. The van der Waals surface area contributed by atoms with E-state index in [1.54, 1.807) is 12.1 Å². The zero-order valence-corrected chi connectivity index (χ0v) is 23.8. The molecular weight excluding hydrogens is 571 g/mol. The zero-order valence-electron chi connectivity index (χ0n) is 22.3. The van der Waals surface area contributed by atoms with E-state index in [1.165, 1.54) is 6.07 Å². The molecule has 2 aromatic carbocycles. The second kappa shape index (κ2) is 13.4. The van der Waals surface area contributed by atoms with Crippen LogP contribution in [0.3, 0.4) is 0 Å². The smallest absolute Gasteiger partial charge is 0.396 e. The Kier molecular flexibility index (Phi) is 10.3. The van der Waals surface area contributed by atoms with Crippen LogP contribution in [0.5, 0.6) is 0 Å². The van der Waals surface area contributed by atoms with Gasteiger partial charge in [0.25, 0.3) is 0 Å². The second-order valence-corrected chi connectivity index (χ2v) is 11.4. The fourth-order valence-electron chi connectivity index (χ4n) is 5.56. The molecule has 2 fully saturated rings. The van der Waals surface area contributed by atoms with Crippen molar-refractivity contribution in [3.63, 3.8) is 0 Å². The molecule has 1 amide bonds. The van der Waals surface area contributed by atoms with Crippen LogP contribution in [-0.2, 0) is 17.5 Å². The highest BCUT2D eigenvalue weighted by molar-refractivity contribution is 6.42. The number of nitrogens with zero attached hydrogens (tertiary/aromatic N) is 4. The van der Waals surface area contributed by atoms with Crippen LogP contribution in [0.15, 0.2) is 36.4 Å². The van der Waals surface area contributed by atoms with E-state index >= 15 is 0 Å². The van der Waals surface area contributed by atoms with Crippen molar-refractivity contribution in [1.29, 1.82) is 0 Å². The molecule has 2 heterocycles. The fraction of sp³-hybridized carbons (Fsp3) is 0.536. The summed E-state index contributed by atoms with van der Waals surface area (Å²) in [6, 6.07) is 8.16. The van der Waals surface area contributed by atoms with E-state index < -0.39 is 17.6 Å². The molecule has 6 nitrogen and oxygen atoms in total. The van der Waals surface area contributed by atoms with Gasteiger partial charge in [-0.2, -0.15) is 13.2 Å². The van der Waals surface area contributed by atoms with Crippen molar-refractivity contribution in [2.75, 3.05) is 66.0 Å². The molecule has 2 aromatic rings. The minimum absolute atomic E-state index is 0.00495. The van der Waals surface area contributed by atoms with Crippen LogP contribution in [0.4, 0.5) is 17.6 Å². The molecule has 1 N–H and O–H groups in total. The third kappa shape index (κ3) is 7.66.